The Morgan fingerprint density at radius 3 is 2.46 bits per heavy atom. The van der Waals surface area contributed by atoms with Gasteiger partial charge in [-0.1, -0.05) is 26.0 Å². The van der Waals surface area contributed by atoms with Crippen LogP contribution in [0.15, 0.2) is 18.2 Å². The minimum Gasteiger partial charge on any atom is -0.326 e. The first-order valence-electron chi connectivity index (χ1n) is 9.14. The summed E-state index contributed by atoms with van der Waals surface area (Å²) in [6.07, 6.45) is 1.18. The number of anilines is 1. The number of carbonyl (C=O) groups excluding carboxylic acids is 2. The normalized spacial score (nSPS) is 11.0. The predicted octanol–water partition coefficient (Wildman–Crippen LogP) is 4.37. The molecule has 0 atom stereocenters. The van der Waals surface area contributed by atoms with Gasteiger partial charge in [0.1, 0.15) is 0 Å². The lowest BCUT2D eigenvalue weighted by molar-refractivity contribution is -0.116. The van der Waals surface area contributed by atoms with Gasteiger partial charge in [-0.3, -0.25) is 9.59 Å². The molecule has 1 N–H and O–H groups in total. The van der Waals surface area contributed by atoms with Crippen molar-refractivity contribution < 1.29 is 9.59 Å². The maximum Gasteiger partial charge on any atom is 0.247 e. The minimum absolute atomic E-state index is 0.139. The molecule has 0 saturated carbocycles. The highest BCUT2D eigenvalue weighted by molar-refractivity contribution is 5.94. The van der Waals surface area contributed by atoms with Gasteiger partial charge in [0.05, 0.1) is 5.69 Å². The lowest BCUT2D eigenvalue weighted by Gasteiger charge is -2.09. The number of carbonyl (C=O) groups is 2. The van der Waals surface area contributed by atoms with Crippen molar-refractivity contribution in [3.63, 3.8) is 0 Å². The van der Waals surface area contributed by atoms with Gasteiger partial charge in [0.2, 0.25) is 11.8 Å². The molecule has 0 aliphatic rings. The molecule has 5 nitrogen and oxygen atoms in total. The quantitative estimate of drug-likeness (QED) is 0.836. The predicted molar refractivity (Wildman–Crippen MR) is 105 cm³/mol. The van der Waals surface area contributed by atoms with Crippen LogP contribution in [0.5, 0.6) is 0 Å². The molecule has 0 fully saturated rings. The van der Waals surface area contributed by atoms with Gasteiger partial charge in [-0.25, -0.2) is 4.68 Å². The molecule has 2 aromatic rings. The molecule has 0 aliphatic heterocycles. The summed E-state index contributed by atoms with van der Waals surface area (Å²) in [5.74, 6) is 0.205. The lowest BCUT2D eigenvalue weighted by atomic mass is 10.0. The molecular weight excluding hydrogens is 326 g/mol. The minimum atomic E-state index is -0.156. The van der Waals surface area contributed by atoms with Crippen molar-refractivity contribution in [2.75, 3.05) is 5.32 Å². The van der Waals surface area contributed by atoms with Crippen molar-refractivity contribution in [2.45, 2.75) is 60.8 Å². The summed E-state index contributed by atoms with van der Waals surface area (Å²) in [5, 5.41) is 7.28. The zero-order valence-electron chi connectivity index (χ0n) is 16.6. The Hall–Kier alpha value is -2.43. The van der Waals surface area contributed by atoms with Gasteiger partial charge in [0, 0.05) is 24.2 Å². The second-order valence-electron chi connectivity index (χ2n) is 7.42. The second-order valence-corrected chi connectivity index (χ2v) is 7.42. The standard InChI is InChI=1S/C21H29N3O2/c1-13(2)11-18-16(5)23-24(17(18)6)21(26)10-9-20(25)22-19-12-14(3)7-8-15(19)4/h7-8,12-13H,9-11H2,1-6H3,(H,22,25). The highest BCUT2D eigenvalue weighted by atomic mass is 16.2. The summed E-state index contributed by atoms with van der Waals surface area (Å²) in [5.41, 5.74) is 5.80. The van der Waals surface area contributed by atoms with E-state index in [1.807, 2.05) is 45.9 Å². The number of benzene rings is 1. The summed E-state index contributed by atoms with van der Waals surface area (Å²) in [6, 6.07) is 5.92. The summed E-state index contributed by atoms with van der Waals surface area (Å²) in [6.45, 7) is 12.1. The summed E-state index contributed by atoms with van der Waals surface area (Å²) in [4.78, 5) is 24.7. The number of amides is 1. The fourth-order valence-corrected chi connectivity index (χ4v) is 3.03. The van der Waals surface area contributed by atoms with E-state index in [4.69, 9.17) is 0 Å². The molecule has 26 heavy (non-hydrogen) atoms. The number of hydrogen-bond donors (Lipinski definition) is 1. The van der Waals surface area contributed by atoms with Crippen LogP contribution in [-0.2, 0) is 11.2 Å². The van der Waals surface area contributed by atoms with E-state index in [-0.39, 0.29) is 24.7 Å². The third kappa shape index (κ3) is 4.81. The third-order valence-corrected chi connectivity index (χ3v) is 4.52. The molecule has 140 valence electrons. The van der Waals surface area contributed by atoms with E-state index in [0.717, 1.165) is 40.2 Å². The fourth-order valence-electron chi connectivity index (χ4n) is 3.03. The van der Waals surface area contributed by atoms with Gasteiger partial charge in [0.25, 0.3) is 0 Å². The Balaban J connectivity index is 2.00. The Labute approximate surface area is 155 Å². The SMILES string of the molecule is Cc1ccc(C)c(NC(=O)CCC(=O)n2nc(C)c(CC(C)C)c2C)c1. The number of hydrogen-bond acceptors (Lipinski definition) is 3. The molecule has 5 heteroatoms. The van der Waals surface area contributed by atoms with Crippen LogP contribution in [-0.4, -0.2) is 21.6 Å². The maximum absolute atomic E-state index is 12.5. The average Bonchev–Trinajstić information content (AvgIpc) is 2.84. The lowest BCUT2D eigenvalue weighted by Crippen LogP contribution is -2.19. The van der Waals surface area contributed by atoms with Crippen LogP contribution in [0.1, 0.15) is 59.6 Å². The smallest absolute Gasteiger partial charge is 0.247 e. The van der Waals surface area contributed by atoms with Crippen molar-refractivity contribution in [2.24, 2.45) is 5.92 Å². The van der Waals surface area contributed by atoms with E-state index in [1.165, 1.54) is 4.68 Å². The van der Waals surface area contributed by atoms with E-state index in [0.29, 0.717) is 5.92 Å². The van der Waals surface area contributed by atoms with Gasteiger partial charge >= 0.3 is 0 Å². The average molecular weight is 355 g/mol. The van der Waals surface area contributed by atoms with Crippen molar-refractivity contribution in [1.82, 2.24) is 9.78 Å². The molecule has 1 heterocycles. The number of aromatic nitrogens is 2. The summed E-state index contributed by atoms with van der Waals surface area (Å²) >= 11 is 0. The summed E-state index contributed by atoms with van der Waals surface area (Å²) < 4.78 is 1.46. The van der Waals surface area contributed by atoms with Crippen LogP contribution in [0.25, 0.3) is 0 Å². The topological polar surface area (TPSA) is 64.0 Å². The second kappa shape index (κ2) is 8.30. The van der Waals surface area contributed by atoms with Crippen LogP contribution >= 0.6 is 0 Å². The van der Waals surface area contributed by atoms with Crippen LogP contribution in [0.3, 0.4) is 0 Å². The molecule has 0 aliphatic carbocycles. The monoisotopic (exact) mass is 355 g/mol. The molecular formula is C21H29N3O2. The number of aryl methyl sites for hydroxylation is 3. The fraction of sp³-hybridized carbons (Fsp3) is 0.476. The zero-order valence-corrected chi connectivity index (χ0v) is 16.6. The largest absolute Gasteiger partial charge is 0.326 e. The number of nitrogens with one attached hydrogen (secondary N) is 1. The van der Waals surface area contributed by atoms with Crippen molar-refractivity contribution >= 4 is 17.5 Å². The molecule has 1 aromatic carbocycles. The van der Waals surface area contributed by atoms with Gasteiger partial charge in [-0.05, 0) is 62.8 Å². The number of rotatable bonds is 6. The van der Waals surface area contributed by atoms with Crippen LogP contribution in [0, 0.1) is 33.6 Å². The van der Waals surface area contributed by atoms with E-state index in [2.05, 4.69) is 24.3 Å². The molecule has 1 amide bonds. The van der Waals surface area contributed by atoms with Crippen molar-refractivity contribution in [1.29, 1.82) is 0 Å². The molecule has 1 aromatic heterocycles. The third-order valence-electron chi connectivity index (χ3n) is 4.52. The first-order chi connectivity index (χ1) is 12.2. The van der Waals surface area contributed by atoms with Gasteiger partial charge in [-0.15, -0.1) is 0 Å². The zero-order chi connectivity index (χ0) is 19.4. The highest BCUT2D eigenvalue weighted by Crippen LogP contribution is 2.19. The highest BCUT2D eigenvalue weighted by Gasteiger charge is 2.18. The van der Waals surface area contributed by atoms with Crippen molar-refractivity contribution in [3.05, 3.63) is 46.3 Å². The molecule has 0 radical (unpaired) electrons. The Kier molecular flexibility index (Phi) is 6.35. The van der Waals surface area contributed by atoms with Crippen LogP contribution < -0.4 is 5.32 Å². The van der Waals surface area contributed by atoms with Gasteiger partial charge in [-0.2, -0.15) is 5.10 Å². The Morgan fingerprint density at radius 2 is 1.81 bits per heavy atom. The van der Waals surface area contributed by atoms with E-state index < -0.39 is 0 Å². The van der Waals surface area contributed by atoms with Gasteiger partial charge in [0.15, 0.2) is 0 Å². The molecule has 0 unspecified atom stereocenters. The van der Waals surface area contributed by atoms with Crippen molar-refractivity contribution in [3.8, 4) is 0 Å². The first-order valence-corrected chi connectivity index (χ1v) is 9.14. The molecule has 0 spiro atoms. The molecule has 0 bridgehead atoms. The van der Waals surface area contributed by atoms with Crippen LogP contribution in [0.2, 0.25) is 0 Å². The van der Waals surface area contributed by atoms with E-state index in [9.17, 15) is 9.59 Å². The Bertz CT molecular complexity index is 819. The maximum atomic E-state index is 12.5. The summed E-state index contributed by atoms with van der Waals surface area (Å²) in [7, 11) is 0. The number of nitrogens with zero attached hydrogens (tertiary/aromatic N) is 2. The first kappa shape index (κ1) is 19.9. The van der Waals surface area contributed by atoms with E-state index >= 15 is 0 Å². The van der Waals surface area contributed by atoms with E-state index in [1.54, 1.807) is 0 Å². The molecule has 2 rings (SSSR count). The van der Waals surface area contributed by atoms with Gasteiger partial charge < -0.3 is 5.32 Å². The Morgan fingerprint density at radius 1 is 1.12 bits per heavy atom. The van der Waals surface area contributed by atoms with Crippen LogP contribution in [0.4, 0.5) is 5.69 Å². The molecule has 0 saturated heterocycles.